The third-order valence-electron chi connectivity index (χ3n) is 5.05. The normalized spacial score (nSPS) is 16.0. The third-order valence-corrected chi connectivity index (χ3v) is 6.03. The minimum Gasteiger partial charge on any atom is -0.497 e. The Balaban J connectivity index is 1.97. The summed E-state index contributed by atoms with van der Waals surface area (Å²) in [6, 6.07) is 12.6. The molecule has 3 aromatic rings. The smallest absolute Gasteiger partial charge is 0.338 e. The molecule has 2 aromatic carbocycles. The molecule has 158 valence electrons. The fourth-order valence-corrected chi connectivity index (χ4v) is 4.57. The highest BCUT2D eigenvalue weighted by Gasteiger charge is 2.33. The van der Waals surface area contributed by atoms with Crippen molar-refractivity contribution in [3.63, 3.8) is 0 Å². The van der Waals surface area contributed by atoms with Crippen molar-refractivity contribution < 1.29 is 18.7 Å². The molecule has 0 fully saturated rings. The Morgan fingerprint density at radius 2 is 1.87 bits per heavy atom. The lowest BCUT2D eigenvalue weighted by atomic mass is 9.96. The van der Waals surface area contributed by atoms with Crippen molar-refractivity contribution in [3.8, 4) is 5.75 Å². The molecule has 0 spiro atoms. The van der Waals surface area contributed by atoms with Gasteiger partial charge in [0.1, 0.15) is 11.6 Å². The van der Waals surface area contributed by atoms with Crippen LogP contribution < -0.4 is 19.6 Å². The van der Waals surface area contributed by atoms with Crippen LogP contribution in [0, 0.1) is 5.82 Å². The molecule has 0 amide bonds. The zero-order valence-electron chi connectivity index (χ0n) is 17.1. The summed E-state index contributed by atoms with van der Waals surface area (Å²) >= 11 is 1.15. The average molecular weight is 438 g/mol. The first-order valence-electron chi connectivity index (χ1n) is 9.44. The van der Waals surface area contributed by atoms with Crippen LogP contribution in [0.2, 0.25) is 0 Å². The van der Waals surface area contributed by atoms with E-state index in [4.69, 9.17) is 9.47 Å². The quantitative estimate of drug-likeness (QED) is 0.587. The number of hydrogen-bond acceptors (Lipinski definition) is 6. The number of rotatable bonds is 4. The maximum atomic E-state index is 14.1. The summed E-state index contributed by atoms with van der Waals surface area (Å²) in [6.45, 7) is 1.71. The van der Waals surface area contributed by atoms with Gasteiger partial charge in [0, 0.05) is 5.56 Å². The molecule has 1 aromatic heterocycles. The highest BCUT2D eigenvalue weighted by molar-refractivity contribution is 7.07. The molecule has 0 radical (unpaired) electrons. The average Bonchev–Trinajstić information content (AvgIpc) is 3.08. The third kappa shape index (κ3) is 3.70. The van der Waals surface area contributed by atoms with Crippen LogP contribution >= 0.6 is 11.3 Å². The largest absolute Gasteiger partial charge is 0.497 e. The predicted molar refractivity (Wildman–Crippen MR) is 115 cm³/mol. The van der Waals surface area contributed by atoms with Gasteiger partial charge in [0.15, 0.2) is 4.80 Å². The van der Waals surface area contributed by atoms with Gasteiger partial charge in [-0.05, 0) is 36.8 Å². The maximum Gasteiger partial charge on any atom is 0.338 e. The van der Waals surface area contributed by atoms with Crippen LogP contribution in [0.3, 0.4) is 0 Å². The molecular weight excluding hydrogens is 419 g/mol. The van der Waals surface area contributed by atoms with Gasteiger partial charge in [-0.3, -0.25) is 9.36 Å². The standard InChI is InChI=1S/C23H19FN2O4S/c1-13-19(22(28)30-3)20(14-8-10-16(29-2)11-9-14)26-21(27)18(31-23(26)25-13)12-15-6-4-5-7-17(15)24/h4-12,20H,1-3H3/b18-12-. The van der Waals surface area contributed by atoms with Crippen LogP contribution in [0.25, 0.3) is 6.08 Å². The zero-order valence-corrected chi connectivity index (χ0v) is 17.9. The Morgan fingerprint density at radius 1 is 1.16 bits per heavy atom. The molecule has 4 rings (SSSR count). The van der Waals surface area contributed by atoms with E-state index in [1.165, 1.54) is 23.8 Å². The van der Waals surface area contributed by atoms with E-state index >= 15 is 0 Å². The molecule has 31 heavy (non-hydrogen) atoms. The number of nitrogens with zero attached hydrogens (tertiary/aromatic N) is 2. The molecule has 1 aliphatic heterocycles. The van der Waals surface area contributed by atoms with Gasteiger partial charge in [-0.1, -0.05) is 41.7 Å². The Bertz CT molecular complexity index is 1370. The van der Waals surface area contributed by atoms with Crippen LogP contribution in [0.15, 0.2) is 69.6 Å². The van der Waals surface area contributed by atoms with Crippen molar-refractivity contribution in [2.75, 3.05) is 14.2 Å². The highest BCUT2D eigenvalue weighted by atomic mass is 32.1. The molecule has 0 saturated heterocycles. The monoisotopic (exact) mass is 438 g/mol. The van der Waals surface area contributed by atoms with Gasteiger partial charge in [-0.2, -0.15) is 0 Å². The number of esters is 1. The molecule has 1 unspecified atom stereocenters. The maximum absolute atomic E-state index is 14.1. The Labute approximate surface area is 181 Å². The highest BCUT2D eigenvalue weighted by Crippen LogP contribution is 2.31. The lowest BCUT2D eigenvalue weighted by Gasteiger charge is -2.24. The Hall–Kier alpha value is -3.52. The van der Waals surface area contributed by atoms with E-state index < -0.39 is 17.8 Å². The molecule has 1 atom stereocenters. The van der Waals surface area contributed by atoms with Crippen LogP contribution in [-0.2, 0) is 9.53 Å². The molecule has 0 saturated carbocycles. The number of thiazole rings is 1. The lowest BCUT2D eigenvalue weighted by Crippen LogP contribution is -2.39. The van der Waals surface area contributed by atoms with Crippen LogP contribution in [0.4, 0.5) is 4.39 Å². The first kappa shape index (κ1) is 20.7. The number of carbonyl (C=O) groups is 1. The van der Waals surface area contributed by atoms with E-state index in [0.29, 0.717) is 31.9 Å². The number of allylic oxidation sites excluding steroid dienone is 1. The second-order valence-electron chi connectivity index (χ2n) is 6.87. The summed E-state index contributed by atoms with van der Waals surface area (Å²) in [6.07, 6.45) is 1.50. The number of aromatic nitrogens is 1. The van der Waals surface area contributed by atoms with E-state index in [2.05, 4.69) is 4.99 Å². The molecule has 2 heterocycles. The van der Waals surface area contributed by atoms with Crippen molar-refractivity contribution in [2.24, 2.45) is 4.99 Å². The van der Waals surface area contributed by atoms with Crippen molar-refractivity contribution >= 4 is 23.4 Å². The fraction of sp³-hybridized carbons (Fsp3) is 0.174. The second-order valence-corrected chi connectivity index (χ2v) is 7.88. The predicted octanol–water partition coefficient (Wildman–Crippen LogP) is 2.56. The summed E-state index contributed by atoms with van der Waals surface area (Å²) in [4.78, 5) is 30.9. The fourth-order valence-electron chi connectivity index (χ4n) is 3.53. The summed E-state index contributed by atoms with van der Waals surface area (Å²) in [5.74, 6) is -0.340. The minimum atomic E-state index is -0.725. The van der Waals surface area contributed by atoms with Crippen molar-refractivity contribution in [1.29, 1.82) is 0 Å². The van der Waals surface area contributed by atoms with Crippen molar-refractivity contribution in [2.45, 2.75) is 13.0 Å². The summed E-state index contributed by atoms with van der Waals surface area (Å²) in [5.41, 5.74) is 1.39. The first-order valence-corrected chi connectivity index (χ1v) is 10.3. The van der Waals surface area contributed by atoms with E-state index in [1.54, 1.807) is 56.5 Å². The lowest BCUT2D eigenvalue weighted by molar-refractivity contribution is -0.136. The first-order chi connectivity index (χ1) is 14.9. The SMILES string of the molecule is COC(=O)C1=C(C)N=c2s/c(=C\c3ccccc3F)c(=O)n2C1c1ccc(OC)cc1. The van der Waals surface area contributed by atoms with Gasteiger partial charge in [0.25, 0.3) is 5.56 Å². The topological polar surface area (TPSA) is 69.9 Å². The number of hydrogen-bond donors (Lipinski definition) is 0. The number of halogens is 1. The zero-order chi connectivity index (χ0) is 22.1. The van der Waals surface area contributed by atoms with Gasteiger partial charge in [-0.15, -0.1) is 0 Å². The van der Waals surface area contributed by atoms with E-state index in [1.807, 2.05) is 0 Å². The van der Waals surface area contributed by atoms with E-state index in [0.717, 1.165) is 11.3 Å². The Kier molecular flexibility index (Phi) is 5.56. The van der Waals surface area contributed by atoms with Gasteiger partial charge >= 0.3 is 5.97 Å². The van der Waals surface area contributed by atoms with Gasteiger partial charge in [0.05, 0.1) is 36.1 Å². The number of methoxy groups -OCH3 is 2. The molecule has 0 aliphatic carbocycles. The van der Waals surface area contributed by atoms with E-state index in [9.17, 15) is 14.0 Å². The molecule has 0 N–H and O–H groups in total. The van der Waals surface area contributed by atoms with Gasteiger partial charge < -0.3 is 9.47 Å². The second kappa shape index (κ2) is 8.31. The summed E-state index contributed by atoms with van der Waals surface area (Å²) < 4.78 is 26.1. The minimum absolute atomic E-state index is 0.275. The van der Waals surface area contributed by atoms with E-state index in [-0.39, 0.29) is 11.1 Å². The number of carbonyl (C=O) groups excluding carboxylic acids is 1. The molecule has 1 aliphatic rings. The summed E-state index contributed by atoms with van der Waals surface area (Å²) in [7, 11) is 2.85. The summed E-state index contributed by atoms with van der Waals surface area (Å²) in [5, 5.41) is 0. The van der Waals surface area contributed by atoms with Gasteiger partial charge in [0.2, 0.25) is 0 Å². The van der Waals surface area contributed by atoms with Crippen molar-refractivity contribution in [3.05, 3.63) is 96.4 Å². The van der Waals surface area contributed by atoms with Crippen LogP contribution in [0.5, 0.6) is 5.75 Å². The van der Waals surface area contributed by atoms with Crippen LogP contribution in [-0.4, -0.2) is 24.8 Å². The van der Waals surface area contributed by atoms with Crippen LogP contribution in [0.1, 0.15) is 24.1 Å². The number of benzene rings is 2. The Morgan fingerprint density at radius 3 is 2.52 bits per heavy atom. The van der Waals surface area contributed by atoms with Crippen molar-refractivity contribution in [1.82, 2.24) is 4.57 Å². The molecule has 6 nitrogen and oxygen atoms in total. The molecular formula is C23H19FN2O4S. The van der Waals surface area contributed by atoms with Gasteiger partial charge in [-0.25, -0.2) is 14.2 Å². The number of ether oxygens (including phenoxy) is 2. The molecule has 8 heteroatoms. The number of fused-ring (bicyclic) bond motifs is 1. The molecule has 0 bridgehead atoms.